The highest BCUT2D eigenvalue weighted by Crippen LogP contribution is 2.09. The average molecular weight is 268 g/mol. The number of hydrogen-bond donors (Lipinski definition) is 3. The van der Waals surface area contributed by atoms with E-state index in [9.17, 15) is 13.2 Å². The van der Waals surface area contributed by atoms with Crippen molar-refractivity contribution in [2.75, 3.05) is 13.1 Å². The summed E-state index contributed by atoms with van der Waals surface area (Å²) in [4.78, 5) is 10.4. The number of carbonyl (C=O) groups is 1. The minimum absolute atomic E-state index is 0.0330. The van der Waals surface area contributed by atoms with E-state index in [1.807, 2.05) is 6.07 Å². The van der Waals surface area contributed by atoms with Gasteiger partial charge in [-0.3, -0.25) is 0 Å². The highest BCUT2D eigenvalue weighted by molar-refractivity contribution is 7.89. The van der Waals surface area contributed by atoms with E-state index in [2.05, 4.69) is 10.0 Å². The maximum absolute atomic E-state index is 11.7. The molecular formula is C10H12N4O3S. The fourth-order valence-electron chi connectivity index (χ4n) is 1.16. The molecule has 0 unspecified atom stereocenters. The lowest BCUT2D eigenvalue weighted by molar-refractivity contribution is 0.249. The molecule has 0 aliphatic rings. The Labute approximate surface area is 105 Å². The second-order valence-corrected chi connectivity index (χ2v) is 5.09. The molecule has 1 rings (SSSR count). The SMILES string of the molecule is N#Cc1ccc(S(=O)(=O)NCCNC(N)=O)cc1. The van der Waals surface area contributed by atoms with E-state index in [0.717, 1.165) is 0 Å². The van der Waals surface area contributed by atoms with Gasteiger partial charge < -0.3 is 11.1 Å². The Balaban J connectivity index is 2.63. The summed E-state index contributed by atoms with van der Waals surface area (Å²) < 4.78 is 25.8. The van der Waals surface area contributed by atoms with Crippen LogP contribution in [0.1, 0.15) is 5.56 Å². The number of primary amides is 1. The lowest BCUT2D eigenvalue weighted by Crippen LogP contribution is -2.37. The first kappa shape index (κ1) is 14.0. The molecule has 0 saturated heterocycles. The summed E-state index contributed by atoms with van der Waals surface area (Å²) >= 11 is 0. The van der Waals surface area contributed by atoms with E-state index in [-0.39, 0.29) is 18.0 Å². The number of amides is 2. The summed E-state index contributed by atoms with van der Waals surface area (Å²) in [6.07, 6.45) is 0. The fraction of sp³-hybridized carbons (Fsp3) is 0.200. The molecule has 0 aliphatic carbocycles. The minimum Gasteiger partial charge on any atom is -0.352 e. The smallest absolute Gasteiger partial charge is 0.312 e. The number of nitriles is 1. The normalized spacial score (nSPS) is 10.6. The maximum Gasteiger partial charge on any atom is 0.312 e. The zero-order valence-corrected chi connectivity index (χ0v) is 10.2. The summed E-state index contributed by atoms with van der Waals surface area (Å²) in [5.74, 6) is 0. The van der Waals surface area contributed by atoms with Crippen molar-refractivity contribution in [1.29, 1.82) is 5.26 Å². The van der Waals surface area contributed by atoms with Gasteiger partial charge in [-0.1, -0.05) is 0 Å². The molecule has 1 aromatic rings. The van der Waals surface area contributed by atoms with Crippen LogP contribution in [-0.2, 0) is 10.0 Å². The number of nitrogens with two attached hydrogens (primary N) is 1. The van der Waals surface area contributed by atoms with Crippen LogP contribution in [0.3, 0.4) is 0 Å². The first-order chi connectivity index (χ1) is 8.45. The molecule has 96 valence electrons. The predicted molar refractivity (Wildman–Crippen MR) is 63.9 cm³/mol. The molecule has 0 radical (unpaired) electrons. The van der Waals surface area contributed by atoms with E-state index in [0.29, 0.717) is 5.56 Å². The molecule has 2 amide bonds. The van der Waals surface area contributed by atoms with Crippen molar-refractivity contribution in [2.45, 2.75) is 4.90 Å². The van der Waals surface area contributed by atoms with Gasteiger partial charge >= 0.3 is 6.03 Å². The summed E-state index contributed by atoms with van der Waals surface area (Å²) in [5, 5.41) is 10.8. The van der Waals surface area contributed by atoms with Crippen molar-refractivity contribution in [1.82, 2.24) is 10.0 Å². The molecule has 0 spiro atoms. The van der Waals surface area contributed by atoms with Gasteiger partial charge in [0.1, 0.15) is 0 Å². The molecule has 18 heavy (non-hydrogen) atoms. The molecule has 0 saturated carbocycles. The predicted octanol–water partition coefficient (Wildman–Crippen LogP) is -0.495. The highest BCUT2D eigenvalue weighted by Gasteiger charge is 2.12. The second kappa shape index (κ2) is 6.00. The van der Waals surface area contributed by atoms with Gasteiger partial charge in [0, 0.05) is 13.1 Å². The van der Waals surface area contributed by atoms with Crippen LogP contribution in [0, 0.1) is 11.3 Å². The summed E-state index contributed by atoms with van der Waals surface area (Å²) in [6, 6.07) is 6.68. The van der Waals surface area contributed by atoms with Gasteiger partial charge in [-0.25, -0.2) is 17.9 Å². The first-order valence-electron chi connectivity index (χ1n) is 4.99. The van der Waals surface area contributed by atoms with Crippen molar-refractivity contribution >= 4 is 16.1 Å². The van der Waals surface area contributed by atoms with E-state index in [1.165, 1.54) is 24.3 Å². The summed E-state index contributed by atoms with van der Waals surface area (Å²) in [7, 11) is -3.63. The topological polar surface area (TPSA) is 125 Å². The summed E-state index contributed by atoms with van der Waals surface area (Å²) in [5.41, 5.74) is 5.21. The van der Waals surface area contributed by atoms with E-state index >= 15 is 0 Å². The van der Waals surface area contributed by atoms with Crippen molar-refractivity contribution < 1.29 is 13.2 Å². The number of nitrogens with zero attached hydrogens (tertiary/aromatic N) is 1. The molecule has 8 heteroatoms. The first-order valence-corrected chi connectivity index (χ1v) is 6.47. The Morgan fingerprint density at radius 3 is 2.39 bits per heavy atom. The molecule has 7 nitrogen and oxygen atoms in total. The zero-order chi connectivity index (χ0) is 13.6. The molecule has 0 fully saturated rings. The van der Waals surface area contributed by atoms with Gasteiger partial charge in [0.15, 0.2) is 0 Å². The minimum atomic E-state index is -3.63. The van der Waals surface area contributed by atoms with E-state index in [1.54, 1.807) is 0 Å². The van der Waals surface area contributed by atoms with Crippen LogP contribution in [0.25, 0.3) is 0 Å². The number of nitrogens with one attached hydrogen (secondary N) is 2. The number of hydrogen-bond acceptors (Lipinski definition) is 4. The van der Waals surface area contributed by atoms with E-state index in [4.69, 9.17) is 11.0 Å². The third-order valence-electron chi connectivity index (χ3n) is 2.01. The Morgan fingerprint density at radius 1 is 1.28 bits per heavy atom. The van der Waals surface area contributed by atoms with Gasteiger partial charge in [0.2, 0.25) is 10.0 Å². The largest absolute Gasteiger partial charge is 0.352 e. The molecule has 0 bridgehead atoms. The van der Waals surface area contributed by atoms with Crippen molar-refractivity contribution in [3.05, 3.63) is 29.8 Å². The van der Waals surface area contributed by atoms with Crippen molar-refractivity contribution in [3.63, 3.8) is 0 Å². The van der Waals surface area contributed by atoms with Gasteiger partial charge in [-0.15, -0.1) is 0 Å². The second-order valence-electron chi connectivity index (χ2n) is 3.32. The number of carbonyl (C=O) groups excluding carboxylic acids is 1. The van der Waals surface area contributed by atoms with Gasteiger partial charge in [0.25, 0.3) is 0 Å². The molecule has 0 aromatic heterocycles. The van der Waals surface area contributed by atoms with Crippen LogP contribution >= 0.6 is 0 Å². The Morgan fingerprint density at radius 2 is 1.89 bits per heavy atom. The third kappa shape index (κ3) is 4.04. The van der Waals surface area contributed by atoms with Crippen molar-refractivity contribution in [2.24, 2.45) is 5.73 Å². The highest BCUT2D eigenvalue weighted by atomic mass is 32.2. The molecule has 0 atom stereocenters. The van der Waals surface area contributed by atoms with E-state index < -0.39 is 16.1 Å². The molecular weight excluding hydrogens is 256 g/mol. The number of rotatable bonds is 5. The van der Waals surface area contributed by atoms with Crippen LogP contribution in [0.5, 0.6) is 0 Å². The molecule has 4 N–H and O–H groups in total. The third-order valence-corrected chi connectivity index (χ3v) is 3.49. The van der Waals surface area contributed by atoms with Crippen LogP contribution < -0.4 is 15.8 Å². The quantitative estimate of drug-likeness (QED) is 0.623. The number of benzene rings is 1. The number of urea groups is 1. The summed E-state index contributed by atoms with van der Waals surface area (Å²) in [6.45, 7) is 0.135. The maximum atomic E-state index is 11.7. The van der Waals surface area contributed by atoms with Crippen LogP contribution in [0.4, 0.5) is 4.79 Å². The molecule has 0 aliphatic heterocycles. The van der Waals surface area contributed by atoms with Crippen LogP contribution in [0.15, 0.2) is 29.2 Å². The number of sulfonamides is 1. The Kier molecular flexibility index (Phi) is 4.65. The van der Waals surface area contributed by atoms with Gasteiger partial charge in [0.05, 0.1) is 16.5 Å². The van der Waals surface area contributed by atoms with Gasteiger partial charge in [-0.05, 0) is 24.3 Å². The monoisotopic (exact) mass is 268 g/mol. The standard InChI is InChI=1S/C10H12N4O3S/c11-7-8-1-3-9(4-2-8)18(16,17)14-6-5-13-10(12)15/h1-4,14H,5-6H2,(H3,12,13,15). The lowest BCUT2D eigenvalue weighted by atomic mass is 10.2. The Hall–Kier alpha value is -2.11. The molecule has 1 aromatic carbocycles. The average Bonchev–Trinajstić information content (AvgIpc) is 2.34. The van der Waals surface area contributed by atoms with Crippen LogP contribution in [-0.4, -0.2) is 27.5 Å². The molecule has 0 heterocycles. The fourth-order valence-corrected chi connectivity index (χ4v) is 2.19. The lowest BCUT2D eigenvalue weighted by Gasteiger charge is -2.06. The Bertz CT molecular complexity index is 560. The zero-order valence-electron chi connectivity index (χ0n) is 9.38. The van der Waals surface area contributed by atoms with Crippen molar-refractivity contribution in [3.8, 4) is 6.07 Å². The van der Waals surface area contributed by atoms with Gasteiger partial charge in [-0.2, -0.15) is 5.26 Å². The van der Waals surface area contributed by atoms with Crippen LogP contribution in [0.2, 0.25) is 0 Å².